The zero-order chi connectivity index (χ0) is 13.3. The second-order valence-corrected chi connectivity index (χ2v) is 3.94. The lowest BCUT2D eigenvalue weighted by Gasteiger charge is -2.20. The van der Waals surface area contributed by atoms with Crippen LogP contribution in [0.3, 0.4) is 0 Å². The maximum atomic E-state index is 11.5. The zero-order valence-electron chi connectivity index (χ0n) is 9.62. The van der Waals surface area contributed by atoms with Crippen molar-refractivity contribution in [3.8, 4) is 0 Å². The van der Waals surface area contributed by atoms with Crippen LogP contribution in [0, 0.1) is 0 Å². The van der Waals surface area contributed by atoms with Gasteiger partial charge in [-0.25, -0.2) is 4.98 Å². The predicted octanol–water partition coefficient (Wildman–Crippen LogP) is -1.62. The Morgan fingerprint density at radius 1 is 1.67 bits per heavy atom. The Kier molecular flexibility index (Phi) is 3.03. The average molecular weight is 255 g/mol. The number of nitrogens with one attached hydrogen (secondary N) is 1. The number of hydrogen-bond acceptors (Lipinski definition) is 7. The lowest BCUT2D eigenvalue weighted by molar-refractivity contribution is -0.228. The first-order valence-electron chi connectivity index (χ1n) is 5.11. The van der Waals surface area contributed by atoms with Crippen molar-refractivity contribution in [2.24, 2.45) is 0 Å². The van der Waals surface area contributed by atoms with Crippen molar-refractivity contribution in [2.75, 3.05) is 12.3 Å². The molecule has 5 N–H and O–H groups in total. The average Bonchev–Trinajstić information content (AvgIpc) is 2.70. The lowest BCUT2D eigenvalue weighted by Crippen LogP contribution is -2.33. The summed E-state index contributed by atoms with van der Waals surface area (Å²) in [5.74, 6) is -1.72. The van der Waals surface area contributed by atoms with Gasteiger partial charge in [-0.05, 0) is 6.92 Å². The van der Waals surface area contributed by atoms with Crippen LogP contribution in [-0.4, -0.2) is 42.1 Å². The first-order chi connectivity index (χ1) is 8.43. The van der Waals surface area contributed by atoms with Crippen LogP contribution in [0.5, 0.6) is 0 Å². The minimum Gasteiger partial charge on any atom is -0.391 e. The summed E-state index contributed by atoms with van der Waals surface area (Å²) in [5.41, 5.74) is 5.33. The van der Waals surface area contributed by atoms with Crippen LogP contribution >= 0.6 is 0 Å². The molecule has 2 aromatic heterocycles. The maximum absolute atomic E-state index is 11.5. The summed E-state index contributed by atoms with van der Waals surface area (Å²) in [6.45, 7) is 0.621. The third-order valence-corrected chi connectivity index (χ3v) is 2.30. The fourth-order valence-corrected chi connectivity index (χ4v) is 1.32. The number of aliphatic hydroxyl groups excluding tert-OH is 1. The Bertz CT molecular complexity index is 617. The molecule has 0 spiro atoms. The van der Waals surface area contributed by atoms with Gasteiger partial charge in [0, 0.05) is 0 Å². The minimum absolute atomic E-state index is 0.0387. The molecule has 0 amide bonds. The number of aliphatic hydroxyl groups is 2. The number of fused-ring (bicyclic) bond motifs is 1. The van der Waals surface area contributed by atoms with Gasteiger partial charge in [0.05, 0.1) is 12.9 Å². The lowest BCUT2D eigenvalue weighted by atomic mass is 10.4. The monoisotopic (exact) mass is 255 g/mol. The molecule has 0 aliphatic carbocycles. The summed E-state index contributed by atoms with van der Waals surface area (Å²) in [6, 6.07) is 0. The van der Waals surface area contributed by atoms with E-state index in [-0.39, 0.29) is 23.8 Å². The van der Waals surface area contributed by atoms with Crippen LogP contribution < -0.4 is 11.3 Å². The molecule has 9 nitrogen and oxygen atoms in total. The number of imidazole rings is 1. The van der Waals surface area contributed by atoms with Crippen LogP contribution in [0.25, 0.3) is 11.2 Å². The van der Waals surface area contributed by atoms with E-state index in [4.69, 9.17) is 15.6 Å². The normalized spacial score (nSPS) is 14.8. The molecule has 18 heavy (non-hydrogen) atoms. The fourth-order valence-electron chi connectivity index (χ4n) is 1.32. The fraction of sp³-hybridized carbons (Fsp3) is 0.444. The van der Waals surface area contributed by atoms with E-state index in [1.54, 1.807) is 0 Å². The summed E-state index contributed by atoms with van der Waals surface area (Å²) in [5, 5.41) is 18.3. The van der Waals surface area contributed by atoms with Gasteiger partial charge in [-0.15, -0.1) is 0 Å². The molecule has 0 fully saturated rings. The van der Waals surface area contributed by atoms with Crippen LogP contribution in [0.2, 0.25) is 0 Å². The largest absolute Gasteiger partial charge is 0.391 e. The molecular formula is C9H13N5O4. The van der Waals surface area contributed by atoms with E-state index in [1.807, 2.05) is 0 Å². The summed E-state index contributed by atoms with van der Waals surface area (Å²) >= 11 is 0. The number of hydrogen-bond donors (Lipinski definition) is 4. The molecule has 0 aliphatic heterocycles. The van der Waals surface area contributed by atoms with Crippen molar-refractivity contribution in [3.63, 3.8) is 0 Å². The number of H-pyrrole nitrogens is 1. The maximum Gasteiger partial charge on any atom is 0.280 e. The molecule has 0 saturated heterocycles. The van der Waals surface area contributed by atoms with Crippen molar-refractivity contribution in [1.29, 1.82) is 0 Å². The number of nitrogens with zero attached hydrogens (tertiary/aromatic N) is 3. The second kappa shape index (κ2) is 4.37. The minimum atomic E-state index is -1.68. The highest BCUT2D eigenvalue weighted by atomic mass is 16.6. The summed E-state index contributed by atoms with van der Waals surface area (Å²) in [6.07, 6.45) is 1.33. The Morgan fingerprint density at radius 3 is 3.06 bits per heavy atom. The summed E-state index contributed by atoms with van der Waals surface area (Å²) in [7, 11) is 0. The van der Waals surface area contributed by atoms with Gasteiger partial charge < -0.3 is 20.7 Å². The van der Waals surface area contributed by atoms with E-state index in [9.17, 15) is 9.90 Å². The van der Waals surface area contributed by atoms with Crippen molar-refractivity contribution >= 4 is 17.1 Å². The zero-order valence-corrected chi connectivity index (χ0v) is 9.62. The third kappa shape index (κ3) is 2.32. The molecule has 1 unspecified atom stereocenters. The van der Waals surface area contributed by atoms with Gasteiger partial charge in [0.2, 0.25) is 5.95 Å². The van der Waals surface area contributed by atoms with E-state index >= 15 is 0 Å². The van der Waals surface area contributed by atoms with Crippen LogP contribution in [0.4, 0.5) is 5.95 Å². The molecule has 1 atom stereocenters. The summed E-state index contributed by atoms with van der Waals surface area (Å²) < 4.78 is 6.44. The summed E-state index contributed by atoms with van der Waals surface area (Å²) in [4.78, 5) is 21.6. The smallest absolute Gasteiger partial charge is 0.280 e. The Labute approximate surface area is 101 Å². The first kappa shape index (κ1) is 12.5. The van der Waals surface area contributed by atoms with Gasteiger partial charge >= 0.3 is 0 Å². The molecule has 0 aliphatic rings. The number of ether oxygens (including phenoxy) is 1. The quantitative estimate of drug-likeness (QED) is 0.481. The van der Waals surface area contributed by atoms with Gasteiger partial charge in [0.25, 0.3) is 5.56 Å². The van der Waals surface area contributed by atoms with Crippen LogP contribution in [0.1, 0.15) is 6.92 Å². The first-order valence-corrected chi connectivity index (χ1v) is 5.11. The number of aromatic nitrogens is 4. The number of nitrogens with two attached hydrogens (primary N) is 1. The van der Waals surface area contributed by atoms with E-state index in [0.717, 1.165) is 0 Å². The second-order valence-electron chi connectivity index (χ2n) is 3.94. The highest BCUT2D eigenvalue weighted by molar-refractivity contribution is 5.70. The molecule has 2 aromatic rings. The molecule has 2 rings (SSSR count). The number of anilines is 1. The third-order valence-electron chi connectivity index (χ3n) is 2.30. The van der Waals surface area contributed by atoms with Gasteiger partial charge in [0.15, 0.2) is 17.0 Å². The van der Waals surface area contributed by atoms with Crippen molar-refractivity contribution in [2.45, 2.75) is 19.4 Å². The Hall–Kier alpha value is -1.97. The SMILES string of the molecule is CC(O)(CO)OCn1cnc2c(=O)[nH]c(N)nc21. The number of aromatic amines is 1. The van der Waals surface area contributed by atoms with Gasteiger partial charge in [-0.3, -0.25) is 14.3 Å². The van der Waals surface area contributed by atoms with Crippen molar-refractivity contribution < 1.29 is 14.9 Å². The molecular weight excluding hydrogens is 242 g/mol. The van der Waals surface area contributed by atoms with Crippen LogP contribution in [-0.2, 0) is 11.5 Å². The number of nitrogen functional groups attached to an aromatic ring is 1. The highest BCUT2D eigenvalue weighted by Crippen LogP contribution is 2.10. The standard InChI is InChI=1S/C9H13N5O4/c1-9(17,2-15)18-4-14-3-11-5-6(14)12-8(10)13-7(5)16/h3,15,17H,2,4H2,1H3,(H3,10,12,13,16). The Balaban J connectivity index is 2.33. The molecule has 0 aromatic carbocycles. The van der Waals surface area contributed by atoms with Gasteiger partial charge in [-0.2, -0.15) is 4.98 Å². The van der Waals surface area contributed by atoms with E-state index < -0.39 is 18.0 Å². The van der Waals surface area contributed by atoms with Gasteiger partial charge in [0.1, 0.15) is 6.73 Å². The predicted molar refractivity (Wildman–Crippen MR) is 61.4 cm³/mol. The van der Waals surface area contributed by atoms with Gasteiger partial charge in [-0.1, -0.05) is 0 Å². The van der Waals surface area contributed by atoms with Crippen molar-refractivity contribution in [3.05, 3.63) is 16.7 Å². The molecule has 0 saturated carbocycles. The Morgan fingerprint density at radius 2 is 2.39 bits per heavy atom. The number of rotatable bonds is 4. The molecule has 0 radical (unpaired) electrons. The molecule has 0 bridgehead atoms. The molecule has 98 valence electrons. The highest BCUT2D eigenvalue weighted by Gasteiger charge is 2.20. The van der Waals surface area contributed by atoms with E-state index in [2.05, 4.69) is 15.0 Å². The molecule has 9 heteroatoms. The topological polar surface area (TPSA) is 139 Å². The molecule has 2 heterocycles. The van der Waals surface area contributed by atoms with E-state index in [0.29, 0.717) is 0 Å². The van der Waals surface area contributed by atoms with Crippen LogP contribution in [0.15, 0.2) is 11.1 Å². The van der Waals surface area contributed by atoms with Crippen molar-refractivity contribution in [1.82, 2.24) is 19.5 Å². The van der Waals surface area contributed by atoms with E-state index in [1.165, 1.54) is 17.8 Å².